The van der Waals surface area contributed by atoms with E-state index in [0.29, 0.717) is 58.2 Å². The number of nitrogens with one attached hydrogen (secondary N) is 1. The largest absolute Gasteiger partial charge is 0.508 e. The van der Waals surface area contributed by atoms with Gasteiger partial charge < -0.3 is 29.2 Å². The first-order valence-corrected chi connectivity index (χ1v) is 12.8. The molecule has 0 aliphatic carbocycles. The van der Waals surface area contributed by atoms with Gasteiger partial charge in [-0.1, -0.05) is 6.07 Å². The predicted molar refractivity (Wildman–Crippen MR) is 135 cm³/mol. The summed E-state index contributed by atoms with van der Waals surface area (Å²) in [5.74, 6) is 3.08. The Kier molecular flexibility index (Phi) is 6.81. The number of benzene rings is 1. The third kappa shape index (κ3) is 5.07. The molecule has 2 aromatic heterocycles. The monoisotopic (exact) mass is 498 g/mol. The first-order chi connectivity index (χ1) is 17.0. The lowest BCUT2D eigenvalue weighted by atomic mass is 10.1. The van der Waals surface area contributed by atoms with Crippen molar-refractivity contribution in [3.8, 4) is 11.5 Å². The molecule has 1 N–H and O–H groups in total. The van der Waals surface area contributed by atoms with Gasteiger partial charge >= 0.3 is 6.16 Å². The highest BCUT2D eigenvalue weighted by Gasteiger charge is 2.26. The van der Waals surface area contributed by atoms with Crippen molar-refractivity contribution in [1.29, 1.82) is 0 Å². The maximum absolute atomic E-state index is 11.7. The Balaban J connectivity index is 1.34. The zero-order valence-electron chi connectivity index (χ0n) is 20.3. The summed E-state index contributed by atoms with van der Waals surface area (Å²) < 4.78 is 21.7. The normalized spacial score (nSPS) is 15.8. The molecule has 1 aromatic carbocycles. The van der Waals surface area contributed by atoms with Crippen LogP contribution in [0.1, 0.15) is 35.8 Å². The predicted octanol–water partition coefficient (Wildman–Crippen LogP) is 4.83. The number of fused-ring (bicyclic) bond motifs is 2. The van der Waals surface area contributed by atoms with Crippen LogP contribution < -0.4 is 19.7 Å². The highest BCUT2D eigenvalue weighted by molar-refractivity contribution is 7.18. The molecular weight excluding hydrogens is 468 g/mol. The van der Waals surface area contributed by atoms with Gasteiger partial charge in [0.2, 0.25) is 5.95 Å². The lowest BCUT2D eigenvalue weighted by Gasteiger charge is -2.31. The zero-order valence-corrected chi connectivity index (χ0v) is 21.1. The average Bonchev–Trinajstić information content (AvgIpc) is 3.16. The van der Waals surface area contributed by atoms with E-state index in [2.05, 4.69) is 24.1 Å². The van der Waals surface area contributed by atoms with E-state index in [1.165, 1.54) is 10.4 Å². The second-order valence-corrected chi connectivity index (χ2v) is 9.86. The van der Waals surface area contributed by atoms with E-state index in [0.717, 1.165) is 33.1 Å². The van der Waals surface area contributed by atoms with E-state index in [9.17, 15) is 4.79 Å². The number of piperidine rings is 1. The number of ether oxygens (including phenoxy) is 4. The first-order valence-electron chi connectivity index (χ1n) is 12.0. The van der Waals surface area contributed by atoms with Crippen LogP contribution in [0.2, 0.25) is 0 Å². The highest BCUT2D eigenvalue weighted by atomic mass is 32.1. The molecule has 186 valence electrons. The molecule has 5 rings (SSSR count). The number of anilines is 2. The van der Waals surface area contributed by atoms with Crippen LogP contribution in [0.4, 0.5) is 16.6 Å². The molecule has 1 saturated heterocycles. The summed E-state index contributed by atoms with van der Waals surface area (Å²) in [6, 6.07) is 6.01. The summed E-state index contributed by atoms with van der Waals surface area (Å²) in [6.07, 6.45) is 0.678. The minimum atomic E-state index is -0.598. The number of aryl methyl sites for hydroxylation is 2. The summed E-state index contributed by atoms with van der Waals surface area (Å²) in [4.78, 5) is 25.8. The Labute approximate surface area is 208 Å². The smallest absolute Gasteiger partial charge is 0.486 e. The number of rotatable bonds is 6. The fourth-order valence-corrected chi connectivity index (χ4v) is 5.38. The highest BCUT2D eigenvalue weighted by Crippen LogP contribution is 2.36. The van der Waals surface area contributed by atoms with Crippen molar-refractivity contribution in [2.75, 3.05) is 43.1 Å². The third-order valence-electron chi connectivity index (χ3n) is 6.33. The minimum absolute atomic E-state index is 0.145. The van der Waals surface area contributed by atoms with Gasteiger partial charge in [-0.05, 0) is 44.0 Å². The molecule has 9 nitrogen and oxygen atoms in total. The fourth-order valence-electron chi connectivity index (χ4n) is 4.35. The van der Waals surface area contributed by atoms with Gasteiger partial charge in [0.05, 0.1) is 12.0 Å². The number of nitrogens with zero attached hydrogens (tertiary/aromatic N) is 3. The summed E-state index contributed by atoms with van der Waals surface area (Å²) in [5.41, 5.74) is 2.28. The first kappa shape index (κ1) is 23.5. The molecule has 0 unspecified atom stereocenters. The van der Waals surface area contributed by atoms with Crippen LogP contribution in [0, 0.1) is 13.8 Å². The topological polar surface area (TPSA) is 95.0 Å². The Hall–Kier alpha value is -3.27. The van der Waals surface area contributed by atoms with E-state index in [4.69, 9.17) is 28.9 Å². The second kappa shape index (κ2) is 10.2. The molecule has 1 fully saturated rings. The zero-order chi connectivity index (χ0) is 24.4. The Morgan fingerprint density at radius 3 is 2.71 bits per heavy atom. The molecule has 4 heterocycles. The van der Waals surface area contributed by atoms with Crippen molar-refractivity contribution in [2.24, 2.45) is 0 Å². The molecule has 0 atom stereocenters. The Morgan fingerprint density at radius 2 is 1.94 bits per heavy atom. The molecule has 0 bridgehead atoms. The van der Waals surface area contributed by atoms with Crippen LogP contribution in [0.25, 0.3) is 10.2 Å². The summed E-state index contributed by atoms with van der Waals surface area (Å²) in [7, 11) is 0. The Bertz CT molecular complexity index is 1220. The number of carbonyl (C=O) groups is 1. The van der Waals surface area contributed by atoms with Crippen molar-refractivity contribution in [2.45, 2.75) is 46.3 Å². The van der Waals surface area contributed by atoms with Gasteiger partial charge in [-0.25, -0.2) is 9.78 Å². The van der Waals surface area contributed by atoms with E-state index in [-0.39, 0.29) is 6.10 Å². The van der Waals surface area contributed by atoms with E-state index < -0.39 is 6.16 Å². The molecule has 0 saturated carbocycles. The van der Waals surface area contributed by atoms with Crippen LogP contribution in [0.5, 0.6) is 11.5 Å². The number of thiophene rings is 1. The maximum Gasteiger partial charge on any atom is 0.508 e. The van der Waals surface area contributed by atoms with Crippen molar-refractivity contribution in [3.05, 3.63) is 34.2 Å². The van der Waals surface area contributed by atoms with Gasteiger partial charge in [-0.3, -0.25) is 0 Å². The number of carbonyl (C=O) groups excluding carboxylic acids is 1. The maximum atomic E-state index is 11.7. The number of hydrogen-bond donors (Lipinski definition) is 1. The van der Waals surface area contributed by atoms with Gasteiger partial charge in [-0.2, -0.15) is 4.98 Å². The SMILES string of the molecule is CCOC(=O)OC1CCN(c2nc(NCc3ccc4c(c3)OCCO4)c3c(C)c(C)sc3n2)CC1. The van der Waals surface area contributed by atoms with Crippen molar-refractivity contribution >= 4 is 39.5 Å². The summed E-state index contributed by atoms with van der Waals surface area (Å²) in [5, 5.41) is 4.60. The van der Waals surface area contributed by atoms with Gasteiger partial charge in [0, 0.05) is 37.4 Å². The van der Waals surface area contributed by atoms with E-state index in [1.54, 1.807) is 18.3 Å². The van der Waals surface area contributed by atoms with Crippen LogP contribution in [0.3, 0.4) is 0 Å². The van der Waals surface area contributed by atoms with Gasteiger partial charge in [0.1, 0.15) is 30.0 Å². The molecule has 3 aromatic rings. The average molecular weight is 499 g/mol. The Morgan fingerprint density at radius 1 is 1.17 bits per heavy atom. The standard InChI is InChI=1S/C25H30N4O5S/c1-4-31-25(30)34-18-7-9-29(10-8-18)24-27-22(21-15(2)16(3)35-23(21)28-24)26-14-17-5-6-19-20(13-17)33-12-11-32-19/h5-6,13,18H,4,7-12,14H2,1-3H3,(H,26,27,28). The van der Waals surface area contributed by atoms with Gasteiger partial charge in [0.15, 0.2) is 11.5 Å². The lowest BCUT2D eigenvalue weighted by molar-refractivity contribution is 0.0183. The van der Waals surface area contributed by atoms with Gasteiger partial charge in [-0.15, -0.1) is 11.3 Å². The van der Waals surface area contributed by atoms with E-state index >= 15 is 0 Å². The molecule has 0 spiro atoms. The summed E-state index contributed by atoms with van der Waals surface area (Å²) in [6.45, 7) is 9.48. The molecule has 10 heteroatoms. The van der Waals surface area contributed by atoms with Crippen molar-refractivity contribution in [1.82, 2.24) is 9.97 Å². The molecule has 2 aliphatic rings. The molecule has 0 radical (unpaired) electrons. The van der Waals surface area contributed by atoms with Gasteiger partial charge in [0.25, 0.3) is 0 Å². The third-order valence-corrected chi connectivity index (χ3v) is 7.43. The number of aromatic nitrogens is 2. The molecular formula is C25H30N4O5S. The minimum Gasteiger partial charge on any atom is -0.486 e. The summed E-state index contributed by atoms with van der Waals surface area (Å²) >= 11 is 1.69. The van der Waals surface area contributed by atoms with Crippen LogP contribution in [-0.4, -0.2) is 55.1 Å². The number of hydrogen-bond acceptors (Lipinski definition) is 10. The van der Waals surface area contributed by atoms with Crippen LogP contribution in [-0.2, 0) is 16.0 Å². The van der Waals surface area contributed by atoms with Crippen LogP contribution >= 0.6 is 11.3 Å². The lowest BCUT2D eigenvalue weighted by Crippen LogP contribution is -2.39. The second-order valence-electron chi connectivity index (χ2n) is 8.65. The molecule has 0 amide bonds. The van der Waals surface area contributed by atoms with E-state index in [1.807, 2.05) is 18.2 Å². The van der Waals surface area contributed by atoms with Crippen LogP contribution in [0.15, 0.2) is 18.2 Å². The molecule has 35 heavy (non-hydrogen) atoms. The fraction of sp³-hybridized carbons (Fsp3) is 0.480. The molecule has 2 aliphatic heterocycles. The van der Waals surface area contributed by atoms with Crippen molar-refractivity contribution in [3.63, 3.8) is 0 Å². The quantitative estimate of drug-likeness (QED) is 0.479. The van der Waals surface area contributed by atoms with Crippen molar-refractivity contribution < 1.29 is 23.7 Å².